The molecule has 2 unspecified atom stereocenters. The van der Waals surface area contributed by atoms with Crippen LogP contribution < -0.4 is 4.72 Å². The minimum absolute atomic E-state index is 0.0328. The summed E-state index contributed by atoms with van der Waals surface area (Å²) in [5.41, 5.74) is 1.28. The summed E-state index contributed by atoms with van der Waals surface area (Å²) in [7, 11) is -3.42. The Labute approximate surface area is 132 Å². The number of rotatable bonds is 5. The van der Waals surface area contributed by atoms with Gasteiger partial charge in [-0.1, -0.05) is 55.0 Å². The van der Waals surface area contributed by atoms with Gasteiger partial charge in [0.25, 0.3) is 0 Å². The molecule has 0 heterocycles. The molecule has 3 rings (SSSR count). The topological polar surface area (TPSA) is 46.2 Å². The normalized spacial score (nSPS) is 21.8. The molecule has 4 heteroatoms. The van der Waals surface area contributed by atoms with E-state index in [0.29, 0.717) is 10.8 Å². The van der Waals surface area contributed by atoms with E-state index in [9.17, 15) is 8.42 Å². The van der Waals surface area contributed by atoms with Crippen LogP contribution in [0.2, 0.25) is 0 Å². The van der Waals surface area contributed by atoms with E-state index in [1.54, 1.807) is 24.3 Å². The number of hydrogen-bond donors (Lipinski definition) is 1. The lowest BCUT2D eigenvalue weighted by molar-refractivity contribution is 0.442. The molecule has 1 aliphatic rings. The first kappa shape index (κ1) is 15.3. The van der Waals surface area contributed by atoms with Gasteiger partial charge in [-0.05, 0) is 42.9 Å². The standard InChI is InChI=1S/C18H21NO2S/c20-22(21,17-11-5-2-6-12-17)19-18-13-7-10-16(18)14-15-8-3-1-4-9-15/h1-6,8-9,11-12,16,18-19H,7,10,13-14H2. The van der Waals surface area contributed by atoms with E-state index in [1.807, 2.05) is 24.3 Å². The summed E-state index contributed by atoms with van der Waals surface area (Å²) in [5, 5.41) is 0. The quantitative estimate of drug-likeness (QED) is 0.919. The Morgan fingerprint density at radius 1 is 0.909 bits per heavy atom. The zero-order valence-corrected chi connectivity index (χ0v) is 13.3. The number of nitrogens with one attached hydrogen (secondary N) is 1. The molecule has 2 aromatic carbocycles. The van der Waals surface area contributed by atoms with Crippen molar-refractivity contribution in [3.63, 3.8) is 0 Å². The Hall–Kier alpha value is -1.65. The van der Waals surface area contributed by atoms with Crippen LogP contribution in [-0.4, -0.2) is 14.5 Å². The molecule has 0 aliphatic heterocycles. The van der Waals surface area contributed by atoms with Gasteiger partial charge < -0.3 is 0 Å². The molecule has 22 heavy (non-hydrogen) atoms. The predicted octanol–water partition coefficient (Wildman–Crippen LogP) is 3.38. The average Bonchev–Trinajstić information content (AvgIpc) is 2.95. The van der Waals surface area contributed by atoms with Gasteiger partial charge in [0.15, 0.2) is 0 Å². The van der Waals surface area contributed by atoms with Crippen molar-refractivity contribution < 1.29 is 8.42 Å². The van der Waals surface area contributed by atoms with Crippen molar-refractivity contribution in [1.29, 1.82) is 0 Å². The molecule has 1 saturated carbocycles. The molecule has 2 atom stereocenters. The zero-order valence-electron chi connectivity index (χ0n) is 12.5. The van der Waals surface area contributed by atoms with Crippen LogP contribution in [0.4, 0.5) is 0 Å². The number of sulfonamides is 1. The van der Waals surface area contributed by atoms with Gasteiger partial charge in [-0.2, -0.15) is 0 Å². The third-order valence-electron chi connectivity index (χ3n) is 4.36. The molecule has 2 aromatic rings. The van der Waals surface area contributed by atoms with E-state index in [4.69, 9.17) is 0 Å². The lowest BCUT2D eigenvalue weighted by Gasteiger charge is -2.21. The molecule has 0 saturated heterocycles. The highest BCUT2D eigenvalue weighted by molar-refractivity contribution is 7.89. The summed E-state index contributed by atoms with van der Waals surface area (Å²) < 4.78 is 27.9. The van der Waals surface area contributed by atoms with E-state index in [0.717, 1.165) is 25.7 Å². The molecule has 1 fully saturated rings. The molecule has 0 spiro atoms. The van der Waals surface area contributed by atoms with E-state index >= 15 is 0 Å². The van der Waals surface area contributed by atoms with Crippen LogP contribution in [0, 0.1) is 5.92 Å². The molecule has 0 aromatic heterocycles. The van der Waals surface area contributed by atoms with Gasteiger partial charge in [0.1, 0.15) is 0 Å². The minimum atomic E-state index is -3.42. The van der Waals surface area contributed by atoms with E-state index in [2.05, 4.69) is 16.9 Å². The fourth-order valence-corrected chi connectivity index (χ4v) is 4.58. The van der Waals surface area contributed by atoms with Crippen molar-refractivity contribution in [2.75, 3.05) is 0 Å². The van der Waals surface area contributed by atoms with E-state index in [1.165, 1.54) is 5.56 Å². The Balaban J connectivity index is 1.71. The highest BCUT2D eigenvalue weighted by atomic mass is 32.2. The van der Waals surface area contributed by atoms with Gasteiger partial charge in [-0.15, -0.1) is 0 Å². The van der Waals surface area contributed by atoms with Gasteiger partial charge in [-0.25, -0.2) is 13.1 Å². The smallest absolute Gasteiger partial charge is 0.208 e. The summed E-state index contributed by atoms with van der Waals surface area (Å²) in [6.07, 6.45) is 4.02. The Bertz CT molecular complexity index is 698. The maximum absolute atomic E-state index is 12.5. The highest BCUT2D eigenvalue weighted by Gasteiger charge is 2.31. The molecule has 1 aliphatic carbocycles. The first-order valence-corrected chi connectivity index (χ1v) is 9.25. The minimum Gasteiger partial charge on any atom is -0.208 e. The van der Waals surface area contributed by atoms with Crippen molar-refractivity contribution in [2.45, 2.75) is 36.6 Å². The third-order valence-corrected chi connectivity index (χ3v) is 5.87. The van der Waals surface area contributed by atoms with Crippen molar-refractivity contribution in [3.8, 4) is 0 Å². The molecule has 3 nitrogen and oxygen atoms in total. The second-order valence-electron chi connectivity index (χ2n) is 5.92. The summed E-state index contributed by atoms with van der Waals surface area (Å²) in [5.74, 6) is 0.376. The van der Waals surface area contributed by atoms with Crippen LogP contribution in [0.25, 0.3) is 0 Å². The molecular weight excluding hydrogens is 294 g/mol. The largest absolute Gasteiger partial charge is 0.240 e. The van der Waals surface area contributed by atoms with Gasteiger partial charge in [-0.3, -0.25) is 0 Å². The van der Waals surface area contributed by atoms with Crippen molar-refractivity contribution in [2.24, 2.45) is 5.92 Å². The van der Waals surface area contributed by atoms with E-state index < -0.39 is 10.0 Å². The molecule has 0 bridgehead atoms. The Morgan fingerprint density at radius 2 is 1.55 bits per heavy atom. The van der Waals surface area contributed by atoms with Crippen molar-refractivity contribution >= 4 is 10.0 Å². The van der Waals surface area contributed by atoms with Crippen LogP contribution in [0.3, 0.4) is 0 Å². The lowest BCUT2D eigenvalue weighted by atomic mass is 9.95. The van der Waals surface area contributed by atoms with Crippen molar-refractivity contribution in [3.05, 3.63) is 66.2 Å². The predicted molar refractivity (Wildman–Crippen MR) is 88.0 cm³/mol. The number of hydrogen-bond acceptors (Lipinski definition) is 2. The van der Waals surface area contributed by atoms with Gasteiger partial charge in [0.2, 0.25) is 10.0 Å². The third kappa shape index (κ3) is 3.57. The fraction of sp³-hybridized carbons (Fsp3) is 0.333. The Morgan fingerprint density at radius 3 is 2.23 bits per heavy atom. The average molecular weight is 315 g/mol. The molecule has 0 radical (unpaired) electrons. The van der Waals surface area contributed by atoms with E-state index in [-0.39, 0.29) is 6.04 Å². The van der Waals surface area contributed by atoms with Gasteiger partial charge in [0, 0.05) is 6.04 Å². The highest BCUT2D eigenvalue weighted by Crippen LogP contribution is 2.30. The molecule has 1 N–H and O–H groups in total. The summed E-state index contributed by atoms with van der Waals surface area (Å²) in [4.78, 5) is 0.348. The molecule has 0 amide bonds. The van der Waals surface area contributed by atoms with Crippen molar-refractivity contribution in [1.82, 2.24) is 4.72 Å². The Kier molecular flexibility index (Phi) is 4.60. The molecular formula is C18H21NO2S. The maximum atomic E-state index is 12.5. The number of benzene rings is 2. The fourth-order valence-electron chi connectivity index (χ4n) is 3.22. The summed E-state index contributed by atoms with van der Waals surface area (Å²) in [6, 6.07) is 19.0. The van der Waals surface area contributed by atoms with Crippen LogP contribution in [-0.2, 0) is 16.4 Å². The SMILES string of the molecule is O=S(=O)(NC1CCCC1Cc1ccccc1)c1ccccc1. The van der Waals surface area contributed by atoms with Gasteiger partial charge >= 0.3 is 0 Å². The monoisotopic (exact) mass is 315 g/mol. The second-order valence-corrected chi connectivity index (χ2v) is 7.64. The van der Waals surface area contributed by atoms with Gasteiger partial charge in [0.05, 0.1) is 4.90 Å². The zero-order chi connectivity index (χ0) is 15.4. The first-order chi connectivity index (χ1) is 10.6. The van der Waals surface area contributed by atoms with Crippen LogP contribution in [0.15, 0.2) is 65.6 Å². The lowest BCUT2D eigenvalue weighted by Crippen LogP contribution is -2.38. The summed E-state index contributed by atoms with van der Waals surface area (Å²) in [6.45, 7) is 0. The van der Waals surface area contributed by atoms with Crippen LogP contribution in [0.5, 0.6) is 0 Å². The first-order valence-electron chi connectivity index (χ1n) is 7.76. The molecule has 116 valence electrons. The van der Waals surface area contributed by atoms with Crippen LogP contribution in [0.1, 0.15) is 24.8 Å². The maximum Gasteiger partial charge on any atom is 0.240 e. The van der Waals surface area contributed by atoms with Crippen LogP contribution >= 0.6 is 0 Å². The second kappa shape index (κ2) is 6.63. The summed E-state index contributed by atoms with van der Waals surface area (Å²) >= 11 is 0.